The van der Waals surface area contributed by atoms with Crippen molar-refractivity contribution in [3.05, 3.63) is 22.8 Å². The maximum atomic E-state index is 5.66. The van der Waals surface area contributed by atoms with E-state index >= 15 is 0 Å². The van der Waals surface area contributed by atoms with E-state index in [0.717, 1.165) is 17.9 Å². The molecule has 0 N–H and O–H groups in total. The largest absolute Gasteiger partial charge is 0.493 e. The average molecular weight is 312 g/mol. The number of hydrogen-bond donors (Lipinski definition) is 0. The topological polar surface area (TPSA) is 21.7 Å². The lowest BCUT2D eigenvalue weighted by molar-refractivity contribution is 0.212. The van der Waals surface area contributed by atoms with E-state index in [4.69, 9.17) is 9.47 Å². The first-order chi connectivity index (χ1) is 9.67. The van der Waals surface area contributed by atoms with Crippen molar-refractivity contribution in [2.45, 2.75) is 44.1 Å². The van der Waals surface area contributed by atoms with E-state index < -0.39 is 0 Å². The number of likely N-dealkylation sites (N-methyl/N-ethyl adjacent to an activating group) is 1. The van der Waals surface area contributed by atoms with Crippen molar-refractivity contribution in [3.63, 3.8) is 0 Å². The van der Waals surface area contributed by atoms with Crippen LogP contribution < -0.4 is 9.47 Å². The first-order valence-electron chi connectivity index (χ1n) is 7.60. The Morgan fingerprint density at radius 2 is 1.86 bits per heavy atom. The van der Waals surface area contributed by atoms with E-state index in [2.05, 4.69) is 25.1 Å². The third kappa shape index (κ3) is 2.62. The van der Waals surface area contributed by atoms with Gasteiger partial charge in [0.2, 0.25) is 0 Å². The Morgan fingerprint density at radius 3 is 2.48 bits per heavy atom. The summed E-state index contributed by atoms with van der Waals surface area (Å²) in [5.74, 6) is 2.54. The van der Waals surface area contributed by atoms with Gasteiger partial charge in [-0.15, -0.1) is 12.4 Å². The van der Waals surface area contributed by atoms with Gasteiger partial charge in [-0.3, -0.25) is 0 Å². The third-order valence-electron chi connectivity index (χ3n) is 5.05. The molecule has 2 aliphatic carbocycles. The molecular formula is C17H26ClNO2. The van der Waals surface area contributed by atoms with Crippen molar-refractivity contribution < 1.29 is 9.47 Å². The number of hydrogen-bond acceptors (Lipinski definition) is 3. The number of nitrogens with zero attached hydrogens (tertiary/aromatic N) is 1. The second kappa shape index (κ2) is 6.45. The summed E-state index contributed by atoms with van der Waals surface area (Å²) < 4.78 is 11.2. The molecule has 0 aromatic heterocycles. The van der Waals surface area contributed by atoms with Crippen LogP contribution in [0, 0.1) is 0 Å². The number of ether oxygens (including phenoxy) is 2. The zero-order valence-corrected chi connectivity index (χ0v) is 14.3. The monoisotopic (exact) mass is 311 g/mol. The molecule has 1 aromatic carbocycles. The fourth-order valence-electron chi connectivity index (χ4n) is 4.21. The van der Waals surface area contributed by atoms with Crippen LogP contribution in [0.1, 0.15) is 41.9 Å². The predicted molar refractivity (Wildman–Crippen MR) is 88.3 cm³/mol. The summed E-state index contributed by atoms with van der Waals surface area (Å²) in [6, 6.07) is 2.88. The number of aryl methyl sites for hydroxylation is 1. The third-order valence-corrected chi connectivity index (χ3v) is 5.05. The molecule has 2 unspecified atom stereocenters. The summed E-state index contributed by atoms with van der Waals surface area (Å²) >= 11 is 0. The second-order valence-corrected chi connectivity index (χ2v) is 6.23. The molecule has 0 radical (unpaired) electrons. The fourth-order valence-corrected chi connectivity index (χ4v) is 4.21. The minimum Gasteiger partial charge on any atom is -0.493 e. The summed E-state index contributed by atoms with van der Waals surface area (Å²) in [7, 11) is 7.93. The van der Waals surface area contributed by atoms with E-state index in [9.17, 15) is 0 Å². The van der Waals surface area contributed by atoms with Crippen LogP contribution in [-0.2, 0) is 12.8 Å². The standard InChI is InChI=1S/C17H25NO2.ClH/c1-18(2)14-9-8-13-16-11(6-5-7-12(14)16)10-15(19-3)17(13)20-4;/h10,12,14H,5-9H2,1-4H3;1H. The van der Waals surface area contributed by atoms with E-state index in [0.29, 0.717) is 12.0 Å². The molecule has 0 saturated carbocycles. The van der Waals surface area contributed by atoms with E-state index in [-0.39, 0.29) is 12.4 Å². The molecule has 3 nitrogen and oxygen atoms in total. The Bertz CT molecular complexity index is 516. The van der Waals surface area contributed by atoms with Gasteiger partial charge in [-0.2, -0.15) is 0 Å². The lowest BCUT2D eigenvalue weighted by Crippen LogP contribution is -2.39. The highest BCUT2D eigenvalue weighted by Crippen LogP contribution is 2.48. The highest BCUT2D eigenvalue weighted by Gasteiger charge is 2.37. The van der Waals surface area contributed by atoms with Crippen molar-refractivity contribution in [2.75, 3.05) is 28.3 Å². The molecule has 2 atom stereocenters. The molecular weight excluding hydrogens is 286 g/mol. The Balaban J connectivity index is 0.00000161. The molecule has 0 saturated heterocycles. The minimum absolute atomic E-state index is 0. The van der Waals surface area contributed by atoms with Crippen molar-refractivity contribution in [3.8, 4) is 11.5 Å². The summed E-state index contributed by atoms with van der Waals surface area (Å²) in [6.45, 7) is 0. The Labute approximate surface area is 134 Å². The van der Waals surface area contributed by atoms with Gasteiger partial charge in [-0.1, -0.05) is 0 Å². The average Bonchev–Trinajstić information content (AvgIpc) is 2.47. The molecule has 0 aliphatic heterocycles. The van der Waals surface area contributed by atoms with Gasteiger partial charge in [0.1, 0.15) is 0 Å². The Hall–Kier alpha value is -0.930. The van der Waals surface area contributed by atoms with Gasteiger partial charge in [0.25, 0.3) is 0 Å². The number of halogens is 1. The molecule has 0 spiro atoms. The number of rotatable bonds is 3. The first kappa shape index (κ1) is 16.4. The highest BCUT2D eigenvalue weighted by molar-refractivity contribution is 5.85. The molecule has 2 aliphatic rings. The van der Waals surface area contributed by atoms with Crippen LogP contribution in [0.4, 0.5) is 0 Å². The molecule has 4 heteroatoms. The first-order valence-corrected chi connectivity index (χ1v) is 7.60. The van der Waals surface area contributed by atoms with E-state index in [1.165, 1.54) is 36.8 Å². The number of benzene rings is 1. The normalized spacial score (nSPS) is 23.3. The minimum atomic E-state index is 0. The van der Waals surface area contributed by atoms with Crippen LogP contribution >= 0.6 is 12.4 Å². The molecule has 21 heavy (non-hydrogen) atoms. The lowest BCUT2D eigenvalue weighted by atomic mass is 9.70. The molecule has 0 amide bonds. The van der Waals surface area contributed by atoms with E-state index in [1.54, 1.807) is 19.8 Å². The van der Waals surface area contributed by atoms with Crippen LogP contribution in [0.2, 0.25) is 0 Å². The molecule has 0 heterocycles. The van der Waals surface area contributed by atoms with Gasteiger partial charge in [-0.05, 0) is 63.4 Å². The zero-order valence-electron chi connectivity index (χ0n) is 13.4. The van der Waals surface area contributed by atoms with Crippen LogP contribution in [0.3, 0.4) is 0 Å². The van der Waals surface area contributed by atoms with Gasteiger partial charge < -0.3 is 14.4 Å². The zero-order chi connectivity index (χ0) is 14.3. The summed E-state index contributed by atoms with van der Waals surface area (Å²) in [4.78, 5) is 2.40. The van der Waals surface area contributed by atoms with Crippen molar-refractivity contribution in [1.29, 1.82) is 0 Å². The molecule has 118 valence electrons. The van der Waals surface area contributed by atoms with Gasteiger partial charge in [0, 0.05) is 17.5 Å². The highest BCUT2D eigenvalue weighted by atomic mass is 35.5. The lowest BCUT2D eigenvalue weighted by Gasteiger charge is -2.42. The number of methoxy groups -OCH3 is 2. The summed E-state index contributed by atoms with van der Waals surface area (Å²) in [6.07, 6.45) is 6.09. The van der Waals surface area contributed by atoms with Crippen LogP contribution in [-0.4, -0.2) is 39.3 Å². The Kier molecular flexibility index (Phi) is 5.05. The van der Waals surface area contributed by atoms with Gasteiger partial charge in [-0.25, -0.2) is 0 Å². The maximum Gasteiger partial charge on any atom is 0.164 e. The van der Waals surface area contributed by atoms with Crippen molar-refractivity contribution in [2.24, 2.45) is 0 Å². The molecule has 3 rings (SSSR count). The van der Waals surface area contributed by atoms with Gasteiger partial charge in [0.05, 0.1) is 14.2 Å². The van der Waals surface area contributed by atoms with Gasteiger partial charge >= 0.3 is 0 Å². The van der Waals surface area contributed by atoms with Crippen molar-refractivity contribution >= 4 is 12.4 Å². The maximum absolute atomic E-state index is 5.66. The molecule has 0 fully saturated rings. The molecule has 0 bridgehead atoms. The summed E-state index contributed by atoms with van der Waals surface area (Å²) in [5, 5.41) is 0. The molecule has 1 aromatic rings. The fraction of sp³-hybridized carbons (Fsp3) is 0.647. The van der Waals surface area contributed by atoms with E-state index in [1.807, 2.05) is 0 Å². The van der Waals surface area contributed by atoms with Crippen LogP contribution in [0.15, 0.2) is 6.07 Å². The van der Waals surface area contributed by atoms with Crippen LogP contribution in [0.5, 0.6) is 11.5 Å². The van der Waals surface area contributed by atoms with Gasteiger partial charge in [0.15, 0.2) is 11.5 Å². The SMILES string of the molecule is COc1cc2c3c(c1OC)CCC(N(C)C)C3CCC2.Cl. The van der Waals surface area contributed by atoms with Crippen LogP contribution in [0.25, 0.3) is 0 Å². The smallest absolute Gasteiger partial charge is 0.164 e. The second-order valence-electron chi connectivity index (χ2n) is 6.23. The Morgan fingerprint density at radius 1 is 1.10 bits per heavy atom. The summed E-state index contributed by atoms with van der Waals surface area (Å²) in [5.41, 5.74) is 4.46. The van der Waals surface area contributed by atoms with Crippen molar-refractivity contribution in [1.82, 2.24) is 4.90 Å². The predicted octanol–water partition coefficient (Wildman–Crippen LogP) is 3.42. The quantitative estimate of drug-likeness (QED) is 0.854.